The number of benzene rings is 3. The van der Waals surface area contributed by atoms with Gasteiger partial charge in [-0.2, -0.15) is 0 Å². The molecule has 0 unspecified atom stereocenters. The molecular weight excluding hydrogens is 440 g/mol. The molecular formula is C26H25F2N3O3. The van der Waals surface area contributed by atoms with Gasteiger partial charge in [-0.1, -0.05) is 24.3 Å². The van der Waals surface area contributed by atoms with Gasteiger partial charge in [0.2, 0.25) is 0 Å². The highest BCUT2D eigenvalue weighted by Gasteiger charge is 2.25. The maximum Gasteiger partial charge on any atom is 0.404 e. The van der Waals surface area contributed by atoms with Gasteiger partial charge in [0.05, 0.1) is 0 Å². The molecule has 6 nitrogen and oxygen atoms in total. The Labute approximate surface area is 196 Å². The molecule has 0 spiro atoms. The van der Waals surface area contributed by atoms with Crippen LogP contribution in [0.1, 0.15) is 16.8 Å². The van der Waals surface area contributed by atoms with Crippen molar-refractivity contribution in [2.24, 2.45) is 5.92 Å². The predicted molar refractivity (Wildman–Crippen MR) is 125 cm³/mol. The van der Waals surface area contributed by atoms with E-state index in [1.165, 1.54) is 24.3 Å². The lowest BCUT2D eigenvalue weighted by Crippen LogP contribution is -2.37. The molecule has 0 aliphatic carbocycles. The summed E-state index contributed by atoms with van der Waals surface area (Å²) in [6.07, 6.45) is -0.299. The zero-order chi connectivity index (χ0) is 24.1. The molecule has 3 aromatic carbocycles. The van der Waals surface area contributed by atoms with Crippen LogP contribution in [0.2, 0.25) is 0 Å². The molecule has 1 aliphatic rings. The molecule has 3 aromatic rings. The van der Waals surface area contributed by atoms with E-state index in [-0.39, 0.29) is 29.5 Å². The van der Waals surface area contributed by atoms with Gasteiger partial charge in [0.1, 0.15) is 11.6 Å². The third kappa shape index (κ3) is 5.96. The van der Waals surface area contributed by atoms with Crippen molar-refractivity contribution < 1.29 is 23.5 Å². The van der Waals surface area contributed by atoms with Crippen LogP contribution in [-0.4, -0.2) is 42.8 Å². The fourth-order valence-electron chi connectivity index (χ4n) is 4.14. The van der Waals surface area contributed by atoms with Crippen LogP contribution in [0, 0.1) is 17.6 Å². The minimum atomic E-state index is -1.05. The van der Waals surface area contributed by atoms with Gasteiger partial charge >= 0.3 is 6.09 Å². The van der Waals surface area contributed by atoms with E-state index in [4.69, 9.17) is 5.11 Å². The molecule has 1 aliphatic heterocycles. The van der Waals surface area contributed by atoms with Crippen molar-refractivity contribution in [2.45, 2.75) is 12.5 Å². The van der Waals surface area contributed by atoms with Gasteiger partial charge in [-0.15, -0.1) is 0 Å². The van der Waals surface area contributed by atoms with E-state index in [0.29, 0.717) is 25.2 Å². The van der Waals surface area contributed by atoms with Gasteiger partial charge in [-0.3, -0.25) is 4.79 Å². The van der Waals surface area contributed by atoms with Gasteiger partial charge in [0.25, 0.3) is 5.91 Å². The monoisotopic (exact) mass is 465 g/mol. The van der Waals surface area contributed by atoms with Crippen LogP contribution < -0.4 is 16.0 Å². The number of halogens is 2. The Hall–Kier alpha value is -3.78. The molecule has 34 heavy (non-hydrogen) atoms. The van der Waals surface area contributed by atoms with E-state index in [0.717, 1.165) is 28.7 Å². The molecule has 176 valence electrons. The Balaban J connectivity index is 1.52. The number of nitrogens with one attached hydrogen (secondary N) is 3. The summed E-state index contributed by atoms with van der Waals surface area (Å²) in [6.45, 7) is 1.44. The predicted octanol–water partition coefficient (Wildman–Crippen LogP) is 4.27. The SMILES string of the molecule is O=C(O)NC[C@H]1CN[C@H](CNC(=O)c2cc(-c3ccc(F)cc3)cc(-c3ccc(F)cc3)c2)C1. The molecule has 0 bridgehead atoms. The second-order valence-corrected chi connectivity index (χ2v) is 8.42. The number of amides is 2. The average molecular weight is 466 g/mol. The largest absolute Gasteiger partial charge is 0.465 e. The van der Waals surface area contributed by atoms with Gasteiger partial charge in [-0.25, -0.2) is 13.6 Å². The fraction of sp³-hybridized carbons (Fsp3) is 0.231. The van der Waals surface area contributed by atoms with Crippen molar-refractivity contribution in [1.29, 1.82) is 0 Å². The molecule has 4 rings (SSSR count). The summed E-state index contributed by atoms with van der Waals surface area (Å²) in [7, 11) is 0. The summed E-state index contributed by atoms with van der Waals surface area (Å²) in [6, 6.07) is 17.5. The first-order chi connectivity index (χ1) is 16.4. The number of hydrogen-bond donors (Lipinski definition) is 4. The van der Waals surface area contributed by atoms with E-state index in [1.54, 1.807) is 36.4 Å². The van der Waals surface area contributed by atoms with Gasteiger partial charge in [0.15, 0.2) is 0 Å². The Morgan fingerprint density at radius 3 is 1.91 bits per heavy atom. The number of hydrogen-bond acceptors (Lipinski definition) is 3. The van der Waals surface area contributed by atoms with Crippen molar-refractivity contribution in [1.82, 2.24) is 16.0 Å². The Morgan fingerprint density at radius 2 is 1.38 bits per heavy atom. The summed E-state index contributed by atoms with van der Waals surface area (Å²) < 4.78 is 26.8. The Morgan fingerprint density at radius 1 is 0.824 bits per heavy atom. The van der Waals surface area contributed by atoms with E-state index >= 15 is 0 Å². The highest BCUT2D eigenvalue weighted by atomic mass is 19.1. The molecule has 0 saturated carbocycles. The third-order valence-corrected chi connectivity index (χ3v) is 5.91. The normalized spacial score (nSPS) is 17.4. The lowest BCUT2D eigenvalue weighted by atomic mass is 9.95. The molecule has 0 aromatic heterocycles. The van der Waals surface area contributed by atoms with Crippen molar-refractivity contribution in [3.8, 4) is 22.3 Å². The van der Waals surface area contributed by atoms with E-state index in [1.807, 2.05) is 6.07 Å². The van der Waals surface area contributed by atoms with Crippen molar-refractivity contribution >= 4 is 12.0 Å². The van der Waals surface area contributed by atoms with E-state index in [2.05, 4.69) is 16.0 Å². The number of carbonyl (C=O) groups excluding carboxylic acids is 1. The molecule has 1 fully saturated rings. The number of rotatable bonds is 7. The van der Waals surface area contributed by atoms with Gasteiger partial charge in [0, 0.05) is 31.2 Å². The Kier molecular flexibility index (Phi) is 7.18. The zero-order valence-corrected chi connectivity index (χ0v) is 18.4. The molecule has 8 heteroatoms. The molecule has 2 atom stereocenters. The first-order valence-corrected chi connectivity index (χ1v) is 11.0. The van der Waals surface area contributed by atoms with Crippen LogP contribution in [0.15, 0.2) is 66.7 Å². The summed E-state index contributed by atoms with van der Waals surface area (Å²) in [5.41, 5.74) is 3.43. The van der Waals surface area contributed by atoms with Gasteiger partial charge < -0.3 is 21.1 Å². The molecule has 4 N–H and O–H groups in total. The summed E-state index contributed by atoms with van der Waals surface area (Å²) in [5.74, 6) is -0.791. The van der Waals surface area contributed by atoms with Crippen molar-refractivity contribution in [3.05, 3.63) is 83.9 Å². The van der Waals surface area contributed by atoms with Crippen LogP contribution >= 0.6 is 0 Å². The van der Waals surface area contributed by atoms with Crippen LogP contribution in [0.4, 0.5) is 13.6 Å². The lowest BCUT2D eigenvalue weighted by molar-refractivity contribution is 0.0950. The first-order valence-electron chi connectivity index (χ1n) is 11.0. The fourth-order valence-corrected chi connectivity index (χ4v) is 4.14. The average Bonchev–Trinajstić information content (AvgIpc) is 3.30. The van der Waals surface area contributed by atoms with E-state index < -0.39 is 6.09 Å². The number of carbonyl (C=O) groups is 2. The van der Waals surface area contributed by atoms with Crippen LogP contribution in [0.3, 0.4) is 0 Å². The third-order valence-electron chi connectivity index (χ3n) is 5.91. The van der Waals surface area contributed by atoms with Crippen LogP contribution in [-0.2, 0) is 0 Å². The molecule has 0 radical (unpaired) electrons. The minimum Gasteiger partial charge on any atom is -0.465 e. The second-order valence-electron chi connectivity index (χ2n) is 8.42. The lowest BCUT2D eigenvalue weighted by Gasteiger charge is -2.14. The molecule has 2 amide bonds. The Bertz CT molecular complexity index is 1100. The van der Waals surface area contributed by atoms with E-state index in [9.17, 15) is 18.4 Å². The highest BCUT2D eigenvalue weighted by Crippen LogP contribution is 2.29. The smallest absolute Gasteiger partial charge is 0.404 e. The highest BCUT2D eigenvalue weighted by molar-refractivity contribution is 5.97. The van der Waals surface area contributed by atoms with Crippen LogP contribution in [0.25, 0.3) is 22.3 Å². The van der Waals surface area contributed by atoms with Crippen LogP contribution in [0.5, 0.6) is 0 Å². The quantitative estimate of drug-likeness (QED) is 0.419. The van der Waals surface area contributed by atoms with Crippen molar-refractivity contribution in [3.63, 3.8) is 0 Å². The second kappa shape index (κ2) is 10.4. The summed E-state index contributed by atoms with van der Waals surface area (Å²) in [5, 5.41) is 17.4. The first kappa shape index (κ1) is 23.4. The van der Waals surface area contributed by atoms with Gasteiger partial charge in [-0.05, 0) is 77.1 Å². The summed E-state index contributed by atoms with van der Waals surface area (Å²) >= 11 is 0. The minimum absolute atomic E-state index is 0.0430. The molecule has 1 saturated heterocycles. The maximum atomic E-state index is 13.4. The standard InChI is InChI=1S/C26H25F2N3O3/c27-22-5-1-17(2-6-22)19-10-20(18-3-7-23(28)8-4-18)12-21(11-19)25(32)30-15-24-9-16(13-29-24)14-31-26(33)34/h1-8,10-12,16,24,29,31H,9,13-15H2,(H,30,32)(H,33,34)/t16-,24+/m1/s1. The van der Waals surface area contributed by atoms with Crippen molar-refractivity contribution in [2.75, 3.05) is 19.6 Å². The maximum absolute atomic E-state index is 13.4. The summed E-state index contributed by atoms with van der Waals surface area (Å²) in [4.78, 5) is 23.7. The molecule has 1 heterocycles. The number of carboxylic acid groups (broad SMARTS) is 1. The zero-order valence-electron chi connectivity index (χ0n) is 18.4. The topological polar surface area (TPSA) is 90.5 Å².